The number of hydrogen-bond donors (Lipinski definition) is 4. The molecular weight excluding hydrogens is 531 g/mol. The molecule has 39 heavy (non-hydrogen) atoms. The molecule has 0 bridgehead atoms. The summed E-state index contributed by atoms with van der Waals surface area (Å²) in [7, 11) is 1.59. The molecule has 3 amide bonds. The number of rotatable bonds is 9. The molecule has 0 saturated carbocycles. The van der Waals surface area contributed by atoms with Crippen LogP contribution in [0.2, 0.25) is 5.02 Å². The first-order valence-corrected chi connectivity index (χ1v) is 12.8. The van der Waals surface area contributed by atoms with E-state index in [0.717, 1.165) is 5.56 Å². The number of benzene rings is 2. The van der Waals surface area contributed by atoms with Crippen molar-refractivity contribution in [3.8, 4) is 0 Å². The lowest BCUT2D eigenvalue weighted by Gasteiger charge is -2.36. The van der Waals surface area contributed by atoms with Crippen LogP contribution in [0.4, 0.5) is 14.0 Å². The van der Waals surface area contributed by atoms with Gasteiger partial charge in [0.1, 0.15) is 5.82 Å². The molecule has 210 valence electrons. The highest BCUT2D eigenvalue weighted by Crippen LogP contribution is 2.33. The Bertz CT molecular complexity index is 1230. The van der Waals surface area contributed by atoms with E-state index >= 15 is 0 Å². The first-order chi connectivity index (χ1) is 18.5. The van der Waals surface area contributed by atoms with Gasteiger partial charge in [-0.2, -0.15) is 0 Å². The van der Waals surface area contributed by atoms with Gasteiger partial charge in [-0.05, 0) is 43.5 Å². The fraction of sp³-hybridized carbons (Fsp3) is 0.407. The summed E-state index contributed by atoms with van der Waals surface area (Å²) in [6, 6.07) is 12.6. The van der Waals surface area contributed by atoms with Gasteiger partial charge < -0.3 is 24.8 Å². The van der Waals surface area contributed by atoms with Gasteiger partial charge in [0.25, 0.3) is 0 Å². The van der Waals surface area contributed by atoms with Gasteiger partial charge in [-0.25, -0.2) is 18.8 Å². The number of hydroxylamine groups is 1. The first-order valence-electron chi connectivity index (χ1n) is 12.5. The van der Waals surface area contributed by atoms with Crippen LogP contribution >= 0.6 is 11.6 Å². The van der Waals surface area contributed by atoms with E-state index in [1.54, 1.807) is 33.0 Å². The van der Waals surface area contributed by atoms with Gasteiger partial charge in [0.05, 0.1) is 23.4 Å². The highest BCUT2D eigenvalue weighted by molar-refractivity contribution is 6.31. The number of urea groups is 1. The highest BCUT2D eigenvalue weighted by Gasteiger charge is 2.43. The molecular formula is C27H32ClFN4O6. The van der Waals surface area contributed by atoms with Crippen molar-refractivity contribution >= 4 is 29.4 Å². The number of carbonyl (C=O) groups excluding carboxylic acids is 1. The molecule has 1 saturated heterocycles. The molecule has 0 aliphatic carbocycles. The lowest BCUT2D eigenvalue weighted by atomic mass is 9.96. The third-order valence-electron chi connectivity index (χ3n) is 6.59. The fourth-order valence-electron chi connectivity index (χ4n) is 4.65. The maximum atomic E-state index is 13.8. The number of carbonyl (C=O) groups is 2. The lowest BCUT2D eigenvalue weighted by molar-refractivity contribution is -0.141. The Labute approximate surface area is 231 Å². The Hall–Kier alpha value is -3.38. The number of nitrogens with one attached hydrogen (secondary N) is 3. The summed E-state index contributed by atoms with van der Waals surface area (Å²) in [6.45, 7) is 3.90. The van der Waals surface area contributed by atoms with Crippen LogP contribution in [0.3, 0.4) is 0 Å². The zero-order valence-corrected chi connectivity index (χ0v) is 22.6. The molecule has 2 aromatic rings. The number of hydrogen-bond acceptors (Lipinski definition) is 6. The molecule has 0 spiro atoms. The summed E-state index contributed by atoms with van der Waals surface area (Å²) in [6.07, 6.45) is 0.377. The van der Waals surface area contributed by atoms with E-state index < -0.39 is 35.5 Å². The highest BCUT2D eigenvalue weighted by atomic mass is 35.5. The van der Waals surface area contributed by atoms with Crippen LogP contribution in [0.5, 0.6) is 0 Å². The van der Waals surface area contributed by atoms with Crippen LogP contribution in [-0.4, -0.2) is 59.4 Å². The Balaban J connectivity index is 1.56. The van der Waals surface area contributed by atoms with E-state index in [1.165, 1.54) is 17.0 Å². The van der Waals surface area contributed by atoms with Crippen LogP contribution in [0, 0.1) is 5.82 Å². The molecule has 10 nitrogen and oxygen atoms in total. The number of ether oxygens (including phenoxy) is 2. The van der Waals surface area contributed by atoms with Crippen molar-refractivity contribution in [2.75, 3.05) is 13.7 Å². The van der Waals surface area contributed by atoms with Crippen LogP contribution in [0.1, 0.15) is 37.8 Å². The Morgan fingerprint density at radius 2 is 1.97 bits per heavy atom. The van der Waals surface area contributed by atoms with E-state index in [9.17, 15) is 19.1 Å². The average molecular weight is 563 g/mol. The molecule has 3 unspecified atom stereocenters. The third kappa shape index (κ3) is 7.18. The van der Waals surface area contributed by atoms with Crippen molar-refractivity contribution in [3.63, 3.8) is 0 Å². The van der Waals surface area contributed by atoms with Crippen molar-refractivity contribution in [2.45, 2.75) is 56.9 Å². The standard InChI is InChI=1S/C27H32ClFN4O6/c1-26(2)37-16-20(38-26)12-19(33(3)24(34)30-15-18-10-7-11-21(29)23(18)28)13-27(31-25(35)36)14-22(32-39-27)17-8-5-4-6-9-17/h4-11,14,19-20,31-32H,12-13,15-16H2,1-3H3,(H,30,34)(H,35,36). The lowest BCUT2D eigenvalue weighted by Crippen LogP contribution is -2.54. The molecule has 0 radical (unpaired) electrons. The Morgan fingerprint density at radius 1 is 1.23 bits per heavy atom. The third-order valence-corrected chi connectivity index (χ3v) is 7.02. The monoisotopic (exact) mass is 562 g/mol. The summed E-state index contributed by atoms with van der Waals surface area (Å²) in [5, 5.41) is 14.8. The van der Waals surface area contributed by atoms with E-state index in [1.807, 2.05) is 30.3 Å². The molecule has 0 aromatic heterocycles. The number of carboxylic acid groups (broad SMARTS) is 1. The van der Waals surface area contributed by atoms with Gasteiger partial charge in [0.15, 0.2) is 11.5 Å². The van der Waals surface area contributed by atoms with Crippen molar-refractivity contribution in [1.29, 1.82) is 0 Å². The normalized spacial score (nSPS) is 22.5. The van der Waals surface area contributed by atoms with Crippen molar-refractivity contribution in [1.82, 2.24) is 21.0 Å². The van der Waals surface area contributed by atoms with Gasteiger partial charge in [0.2, 0.25) is 0 Å². The molecule has 2 heterocycles. The minimum Gasteiger partial charge on any atom is -0.465 e. The van der Waals surface area contributed by atoms with Gasteiger partial charge in [-0.3, -0.25) is 10.8 Å². The molecule has 2 aromatic carbocycles. The maximum Gasteiger partial charge on any atom is 0.407 e. The quantitative estimate of drug-likeness (QED) is 0.356. The van der Waals surface area contributed by atoms with Crippen LogP contribution in [0.15, 0.2) is 54.6 Å². The average Bonchev–Trinajstić information content (AvgIpc) is 3.46. The Morgan fingerprint density at radius 3 is 2.64 bits per heavy atom. The minimum atomic E-state index is -1.49. The predicted molar refractivity (Wildman–Crippen MR) is 142 cm³/mol. The van der Waals surface area contributed by atoms with Gasteiger partial charge >= 0.3 is 12.1 Å². The predicted octanol–water partition coefficient (Wildman–Crippen LogP) is 4.46. The maximum absolute atomic E-state index is 13.8. The van der Waals surface area contributed by atoms with Crippen LogP contribution in [-0.2, 0) is 20.9 Å². The smallest absolute Gasteiger partial charge is 0.407 e. The first kappa shape index (κ1) is 28.6. The number of amides is 3. The van der Waals surface area contributed by atoms with Crippen LogP contribution in [0.25, 0.3) is 5.70 Å². The van der Waals surface area contributed by atoms with Crippen molar-refractivity contribution < 1.29 is 33.4 Å². The van der Waals surface area contributed by atoms with Gasteiger partial charge in [0, 0.05) is 26.1 Å². The summed E-state index contributed by atoms with van der Waals surface area (Å²) >= 11 is 6.04. The molecule has 3 atom stereocenters. The zero-order valence-electron chi connectivity index (χ0n) is 21.9. The minimum absolute atomic E-state index is 0.00279. The molecule has 12 heteroatoms. The van der Waals surface area contributed by atoms with E-state index in [-0.39, 0.29) is 24.1 Å². The molecule has 4 rings (SSSR count). The fourth-order valence-corrected chi connectivity index (χ4v) is 4.84. The summed E-state index contributed by atoms with van der Waals surface area (Å²) in [4.78, 5) is 32.3. The topological polar surface area (TPSA) is 121 Å². The SMILES string of the molecule is CN(C(=O)NCc1cccc(F)c1Cl)C(CC1COC(C)(C)O1)CC1(NC(=O)O)C=C(c2ccccc2)NO1. The van der Waals surface area contributed by atoms with Crippen molar-refractivity contribution in [3.05, 3.63) is 76.6 Å². The number of nitrogens with zero attached hydrogens (tertiary/aromatic N) is 1. The van der Waals surface area contributed by atoms with E-state index in [4.69, 9.17) is 25.9 Å². The second-order valence-corrected chi connectivity index (χ2v) is 10.4. The van der Waals surface area contributed by atoms with E-state index in [2.05, 4.69) is 16.1 Å². The largest absolute Gasteiger partial charge is 0.465 e. The molecule has 4 N–H and O–H groups in total. The molecule has 2 aliphatic rings. The number of halogens is 2. The Kier molecular flexibility index (Phi) is 8.65. The van der Waals surface area contributed by atoms with E-state index in [0.29, 0.717) is 24.3 Å². The summed E-state index contributed by atoms with van der Waals surface area (Å²) in [5.74, 6) is -1.36. The second-order valence-electron chi connectivity index (χ2n) is 9.97. The van der Waals surface area contributed by atoms with Gasteiger partial charge in [-0.1, -0.05) is 54.1 Å². The zero-order chi connectivity index (χ0) is 28.2. The summed E-state index contributed by atoms with van der Waals surface area (Å²) < 4.78 is 25.5. The van der Waals surface area contributed by atoms with Crippen molar-refractivity contribution in [2.24, 2.45) is 0 Å². The second kappa shape index (κ2) is 11.8. The molecule has 1 fully saturated rings. The van der Waals surface area contributed by atoms with Gasteiger partial charge in [-0.15, -0.1) is 0 Å². The summed E-state index contributed by atoms with van der Waals surface area (Å²) in [5.41, 5.74) is 3.13. The molecule has 2 aliphatic heterocycles. The van der Waals surface area contributed by atoms with Crippen LogP contribution < -0.4 is 16.1 Å².